The second kappa shape index (κ2) is 9.50. The van der Waals surface area contributed by atoms with E-state index < -0.39 is 0 Å². The van der Waals surface area contributed by atoms with Crippen molar-refractivity contribution in [1.82, 2.24) is 19.5 Å². The molecule has 5 aromatic rings. The van der Waals surface area contributed by atoms with Crippen molar-refractivity contribution in [3.05, 3.63) is 90.5 Å². The molecule has 0 atom stereocenters. The maximum atomic E-state index is 14.1. The van der Waals surface area contributed by atoms with Gasteiger partial charge in [0.1, 0.15) is 29.5 Å². The number of ether oxygens (including phenoxy) is 1. The van der Waals surface area contributed by atoms with E-state index in [1.807, 2.05) is 43.3 Å². The van der Waals surface area contributed by atoms with Crippen LogP contribution >= 0.6 is 0 Å². The van der Waals surface area contributed by atoms with Crippen molar-refractivity contribution >= 4 is 16.7 Å². The van der Waals surface area contributed by atoms with Crippen LogP contribution in [0.5, 0.6) is 5.75 Å². The van der Waals surface area contributed by atoms with Crippen molar-refractivity contribution in [3.8, 4) is 28.3 Å². The monoisotopic (exact) mass is 471 g/mol. The number of aromatic nitrogens is 4. The maximum absolute atomic E-state index is 14.1. The third-order valence-electron chi connectivity index (χ3n) is 5.88. The van der Waals surface area contributed by atoms with E-state index in [0.29, 0.717) is 30.4 Å². The van der Waals surface area contributed by atoms with Crippen molar-refractivity contribution < 1.29 is 13.5 Å². The van der Waals surface area contributed by atoms with Crippen molar-refractivity contribution in [3.63, 3.8) is 0 Å². The van der Waals surface area contributed by atoms with Gasteiger partial charge in [0.15, 0.2) is 0 Å². The standard InChI is InChI=1S/C27H23F2N5O/c1-17-11-22-25(13-21(29)14-26(22)35-2)34(17)10-9-31-27-15-24(32-16-33-27)19-5-3-18(4-6-19)23-12-20(28)7-8-30-23/h3-8,11-16H,9-10H2,1-2H3,(H,31,32,33). The quantitative estimate of drug-likeness (QED) is 0.322. The topological polar surface area (TPSA) is 64.9 Å². The summed E-state index contributed by atoms with van der Waals surface area (Å²) in [7, 11) is 1.54. The van der Waals surface area contributed by atoms with Crippen LogP contribution in [0.25, 0.3) is 33.4 Å². The number of halogens is 2. The molecule has 0 aliphatic carbocycles. The second-order valence-corrected chi connectivity index (χ2v) is 8.13. The van der Waals surface area contributed by atoms with Gasteiger partial charge in [-0.3, -0.25) is 4.98 Å². The number of fused-ring (bicyclic) bond motifs is 1. The number of benzene rings is 2. The Morgan fingerprint density at radius 1 is 0.857 bits per heavy atom. The van der Waals surface area contributed by atoms with E-state index in [1.165, 1.54) is 36.8 Å². The highest BCUT2D eigenvalue weighted by atomic mass is 19.1. The number of hydrogen-bond acceptors (Lipinski definition) is 5. The van der Waals surface area contributed by atoms with Crippen LogP contribution in [0.1, 0.15) is 5.69 Å². The first kappa shape index (κ1) is 22.5. The average Bonchev–Trinajstić information content (AvgIpc) is 3.18. The smallest absolute Gasteiger partial charge is 0.131 e. The van der Waals surface area contributed by atoms with Gasteiger partial charge in [0.2, 0.25) is 0 Å². The van der Waals surface area contributed by atoms with Crippen molar-refractivity contribution in [2.24, 2.45) is 0 Å². The lowest BCUT2D eigenvalue weighted by atomic mass is 10.1. The van der Waals surface area contributed by atoms with Gasteiger partial charge in [-0.05, 0) is 25.1 Å². The Morgan fingerprint density at radius 3 is 2.31 bits per heavy atom. The van der Waals surface area contributed by atoms with Crippen LogP contribution in [-0.4, -0.2) is 33.2 Å². The van der Waals surface area contributed by atoms with Crippen LogP contribution < -0.4 is 10.1 Å². The lowest BCUT2D eigenvalue weighted by molar-refractivity contribution is 0.416. The highest BCUT2D eigenvalue weighted by Gasteiger charge is 2.12. The molecule has 0 aliphatic rings. The zero-order valence-corrected chi connectivity index (χ0v) is 19.3. The average molecular weight is 472 g/mol. The molecule has 6 nitrogen and oxygen atoms in total. The molecule has 0 fully saturated rings. The summed E-state index contributed by atoms with van der Waals surface area (Å²) in [5.41, 5.74) is 4.87. The molecule has 0 saturated carbocycles. The van der Waals surface area contributed by atoms with Gasteiger partial charge in [0.05, 0.1) is 24.0 Å². The minimum absolute atomic E-state index is 0.321. The second-order valence-electron chi connectivity index (χ2n) is 8.13. The summed E-state index contributed by atoms with van der Waals surface area (Å²) in [6.07, 6.45) is 2.96. The number of methoxy groups -OCH3 is 1. The summed E-state index contributed by atoms with van der Waals surface area (Å²) in [6, 6.07) is 17.1. The third kappa shape index (κ3) is 4.68. The van der Waals surface area contributed by atoms with Crippen molar-refractivity contribution in [2.75, 3.05) is 19.0 Å². The van der Waals surface area contributed by atoms with Crippen LogP contribution in [0, 0.1) is 18.6 Å². The Morgan fingerprint density at radius 2 is 1.60 bits per heavy atom. The summed E-state index contributed by atoms with van der Waals surface area (Å²) >= 11 is 0. The van der Waals surface area contributed by atoms with Crippen LogP contribution in [-0.2, 0) is 6.54 Å². The van der Waals surface area contributed by atoms with Gasteiger partial charge in [-0.15, -0.1) is 0 Å². The van der Waals surface area contributed by atoms with Crippen LogP contribution in [0.4, 0.5) is 14.6 Å². The van der Waals surface area contributed by atoms with Gasteiger partial charge in [-0.2, -0.15) is 0 Å². The number of rotatable bonds is 7. The molecular weight excluding hydrogens is 448 g/mol. The van der Waals surface area contributed by atoms with Gasteiger partial charge in [0.25, 0.3) is 0 Å². The minimum atomic E-state index is -0.332. The predicted molar refractivity (Wildman–Crippen MR) is 132 cm³/mol. The SMILES string of the molecule is COc1cc(F)cc2c1cc(C)n2CCNc1cc(-c2ccc(-c3cc(F)ccn3)cc2)ncn1. The molecule has 35 heavy (non-hydrogen) atoms. The normalized spacial score (nSPS) is 11.1. The molecule has 0 spiro atoms. The van der Waals surface area contributed by atoms with E-state index in [9.17, 15) is 8.78 Å². The molecule has 176 valence electrons. The molecule has 0 amide bonds. The predicted octanol–water partition coefficient (Wildman–Crippen LogP) is 5.87. The van der Waals surface area contributed by atoms with Crippen molar-refractivity contribution in [1.29, 1.82) is 0 Å². The Bertz CT molecular complexity index is 1500. The fourth-order valence-corrected chi connectivity index (χ4v) is 4.17. The van der Waals surface area contributed by atoms with Gasteiger partial charge < -0.3 is 14.6 Å². The molecule has 3 heterocycles. The molecular formula is C27H23F2N5O. The highest BCUT2D eigenvalue weighted by molar-refractivity contribution is 5.87. The molecule has 3 aromatic heterocycles. The molecule has 2 aromatic carbocycles. The fourth-order valence-electron chi connectivity index (χ4n) is 4.17. The minimum Gasteiger partial charge on any atom is -0.496 e. The number of hydrogen-bond donors (Lipinski definition) is 1. The van der Waals surface area contributed by atoms with E-state index in [1.54, 1.807) is 7.11 Å². The molecule has 0 unspecified atom stereocenters. The summed E-state index contributed by atoms with van der Waals surface area (Å²) < 4.78 is 34.9. The van der Waals surface area contributed by atoms with Gasteiger partial charge in [0, 0.05) is 59.7 Å². The van der Waals surface area contributed by atoms with Crippen LogP contribution in [0.15, 0.2) is 73.2 Å². The van der Waals surface area contributed by atoms with Gasteiger partial charge >= 0.3 is 0 Å². The zero-order valence-electron chi connectivity index (χ0n) is 19.3. The summed E-state index contributed by atoms with van der Waals surface area (Å²) in [5, 5.41) is 4.21. The molecule has 0 radical (unpaired) electrons. The van der Waals surface area contributed by atoms with Gasteiger partial charge in [-0.25, -0.2) is 18.7 Å². The van der Waals surface area contributed by atoms with Crippen molar-refractivity contribution in [2.45, 2.75) is 13.5 Å². The van der Waals surface area contributed by atoms with E-state index >= 15 is 0 Å². The number of nitrogens with zero attached hydrogens (tertiary/aromatic N) is 4. The molecule has 0 bridgehead atoms. The van der Waals surface area contributed by atoms with Gasteiger partial charge in [-0.1, -0.05) is 24.3 Å². The summed E-state index contributed by atoms with van der Waals surface area (Å²) in [6.45, 7) is 3.20. The number of anilines is 1. The fraction of sp³-hybridized carbons (Fsp3) is 0.148. The number of pyridine rings is 1. The summed E-state index contributed by atoms with van der Waals surface area (Å²) in [5.74, 6) is 0.553. The van der Waals surface area contributed by atoms with Crippen LogP contribution in [0.3, 0.4) is 0 Å². The Hall–Kier alpha value is -4.33. The zero-order chi connectivity index (χ0) is 24.4. The third-order valence-corrected chi connectivity index (χ3v) is 5.88. The van der Waals surface area contributed by atoms with E-state index in [-0.39, 0.29) is 11.6 Å². The maximum Gasteiger partial charge on any atom is 0.131 e. The highest BCUT2D eigenvalue weighted by Crippen LogP contribution is 2.30. The lowest BCUT2D eigenvalue weighted by Crippen LogP contribution is -2.12. The molecule has 1 N–H and O–H groups in total. The number of nitrogens with one attached hydrogen (secondary N) is 1. The molecule has 0 aliphatic heterocycles. The first-order valence-corrected chi connectivity index (χ1v) is 11.1. The first-order valence-electron chi connectivity index (χ1n) is 11.1. The van der Waals surface area contributed by atoms with E-state index in [2.05, 4.69) is 24.8 Å². The number of aryl methyl sites for hydroxylation is 1. The Labute approximate surface area is 201 Å². The Kier molecular flexibility index (Phi) is 6.10. The molecule has 8 heteroatoms. The van der Waals surface area contributed by atoms with E-state index in [0.717, 1.165) is 33.4 Å². The Balaban J connectivity index is 1.30. The van der Waals surface area contributed by atoms with E-state index in [4.69, 9.17) is 4.74 Å². The molecule has 0 saturated heterocycles. The summed E-state index contributed by atoms with van der Waals surface area (Å²) in [4.78, 5) is 12.9. The first-order chi connectivity index (χ1) is 17.0. The van der Waals surface area contributed by atoms with Crippen LogP contribution in [0.2, 0.25) is 0 Å². The largest absolute Gasteiger partial charge is 0.496 e. The lowest BCUT2D eigenvalue weighted by Gasteiger charge is -2.11. The molecule has 5 rings (SSSR count).